The molecule has 134 valence electrons. The van der Waals surface area contributed by atoms with Gasteiger partial charge in [0.25, 0.3) is 0 Å². The topological polar surface area (TPSA) is 50.4 Å². The predicted octanol–water partition coefficient (Wildman–Crippen LogP) is 3.69. The number of carbonyl (C=O) groups excluding carboxylic acids is 1. The van der Waals surface area contributed by atoms with Crippen LogP contribution in [0.15, 0.2) is 65.6 Å². The van der Waals surface area contributed by atoms with Crippen molar-refractivity contribution in [2.24, 2.45) is 0 Å². The van der Waals surface area contributed by atoms with Gasteiger partial charge in [-0.05, 0) is 43.7 Å². The maximum Gasteiger partial charge on any atom is 0.220 e. The van der Waals surface area contributed by atoms with Crippen molar-refractivity contribution in [1.82, 2.24) is 10.6 Å². The van der Waals surface area contributed by atoms with Gasteiger partial charge in [0.1, 0.15) is 12.5 Å². The van der Waals surface area contributed by atoms with Crippen LogP contribution in [0.1, 0.15) is 19.3 Å². The lowest BCUT2D eigenvalue weighted by Gasteiger charge is -2.08. The van der Waals surface area contributed by atoms with Gasteiger partial charge in [0.15, 0.2) is 0 Å². The van der Waals surface area contributed by atoms with E-state index in [4.69, 9.17) is 4.74 Å². The average molecular weight is 359 g/mol. The van der Waals surface area contributed by atoms with E-state index in [-0.39, 0.29) is 5.91 Å². The number of hydrogen-bond acceptors (Lipinski definition) is 4. The summed E-state index contributed by atoms with van der Waals surface area (Å²) in [5.41, 5.74) is 0. The molecule has 0 fully saturated rings. The van der Waals surface area contributed by atoms with Crippen molar-refractivity contribution in [2.45, 2.75) is 24.2 Å². The van der Waals surface area contributed by atoms with Crippen LogP contribution in [0.25, 0.3) is 0 Å². The summed E-state index contributed by atoms with van der Waals surface area (Å²) in [6.45, 7) is 2.05. The molecule has 1 amide bonds. The van der Waals surface area contributed by atoms with Crippen molar-refractivity contribution in [3.63, 3.8) is 0 Å². The molecule has 0 spiro atoms. The predicted molar refractivity (Wildman–Crippen MR) is 104 cm³/mol. The first-order valence-corrected chi connectivity index (χ1v) is 9.66. The van der Waals surface area contributed by atoms with Crippen LogP contribution in [0, 0.1) is 0 Å². The molecule has 0 heterocycles. The lowest BCUT2D eigenvalue weighted by atomic mass is 10.2. The van der Waals surface area contributed by atoms with Crippen LogP contribution in [0.3, 0.4) is 0 Å². The van der Waals surface area contributed by atoms with Crippen LogP contribution in [0.2, 0.25) is 0 Å². The van der Waals surface area contributed by atoms with Gasteiger partial charge in [-0.15, -0.1) is 11.8 Å². The fourth-order valence-electron chi connectivity index (χ4n) is 2.22. The minimum atomic E-state index is 0.134. The highest BCUT2D eigenvalue weighted by Crippen LogP contribution is 2.15. The number of amides is 1. The van der Waals surface area contributed by atoms with Gasteiger partial charge in [-0.2, -0.15) is 0 Å². The van der Waals surface area contributed by atoms with Crippen LogP contribution < -0.4 is 15.4 Å². The molecule has 0 radical (unpaired) electrons. The van der Waals surface area contributed by atoms with Crippen molar-refractivity contribution in [3.05, 3.63) is 60.7 Å². The number of nitrogens with one attached hydrogen (secondary N) is 2. The Bertz CT molecular complexity index is 593. The molecular formula is C20H26N2O2S. The van der Waals surface area contributed by atoms with Gasteiger partial charge in [0, 0.05) is 23.6 Å². The molecule has 0 unspecified atom stereocenters. The molecule has 2 rings (SSSR count). The summed E-state index contributed by atoms with van der Waals surface area (Å²) < 4.78 is 5.54. The number of rotatable bonds is 12. The monoisotopic (exact) mass is 358 g/mol. The molecule has 0 aromatic heterocycles. The Morgan fingerprint density at radius 2 is 1.64 bits per heavy atom. The van der Waals surface area contributed by atoms with Crippen LogP contribution >= 0.6 is 11.8 Å². The molecule has 0 bridgehead atoms. The van der Waals surface area contributed by atoms with Crippen molar-refractivity contribution in [2.75, 3.05) is 25.6 Å². The van der Waals surface area contributed by atoms with E-state index in [1.54, 1.807) is 11.8 Å². The van der Waals surface area contributed by atoms with Crippen molar-refractivity contribution in [3.8, 4) is 5.75 Å². The highest BCUT2D eigenvalue weighted by Gasteiger charge is 2.01. The smallest absolute Gasteiger partial charge is 0.220 e. The van der Waals surface area contributed by atoms with E-state index in [0.717, 1.165) is 30.9 Å². The zero-order valence-electron chi connectivity index (χ0n) is 14.4. The van der Waals surface area contributed by atoms with Crippen molar-refractivity contribution >= 4 is 17.7 Å². The van der Waals surface area contributed by atoms with E-state index in [2.05, 4.69) is 22.8 Å². The Labute approximate surface area is 154 Å². The Morgan fingerprint density at radius 1 is 0.920 bits per heavy atom. The van der Waals surface area contributed by atoms with E-state index in [1.807, 2.05) is 48.5 Å². The highest BCUT2D eigenvalue weighted by molar-refractivity contribution is 7.99. The van der Waals surface area contributed by atoms with Crippen molar-refractivity contribution in [1.29, 1.82) is 0 Å². The molecule has 2 N–H and O–H groups in total. The van der Waals surface area contributed by atoms with Gasteiger partial charge in [-0.25, -0.2) is 0 Å². The minimum Gasteiger partial charge on any atom is -0.478 e. The number of hydrogen-bond donors (Lipinski definition) is 2. The maximum absolute atomic E-state index is 11.8. The molecule has 0 aliphatic heterocycles. The summed E-state index contributed by atoms with van der Waals surface area (Å²) in [7, 11) is 0. The third-order valence-corrected chi connectivity index (χ3v) is 4.54. The molecule has 0 saturated heterocycles. The first kappa shape index (κ1) is 19.3. The Kier molecular flexibility index (Phi) is 9.59. The number of benzene rings is 2. The second kappa shape index (κ2) is 12.4. The summed E-state index contributed by atoms with van der Waals surface area (Å²) in [5.74, 6) is 1.89. The summed E-state index contributed by atoms with van der Waals surface area (Å²) in [6.07, 6.45) is 2.43. The summed E-state index contributed by atoms with van der Waals surface area (Å²) in [6, 6.07) is 20.0. The van der Waals surface area contributed by atoms with Gasteiger partial charge in [-0.1, -0.05) is 36.4 Å². The molecule has 0 aliphatic carbocycles. The largest absolute Gasteiger partial charge is 0.478 e. The van der Waals surface area contributed by atoms with Gasteiger partial charge in [0.05, 0.1) is 0 Å². The first-order valence-electron chi connectivity index (χ1n) is 8.68. The molecule has 2 aromatic rings. The number of unbranched alkanes of at least 4 members (excludes halogenated alkanes) is 1. The molecule has 0 atom stereocenters. The summed E-state index contributed by atoms with van der Waals surface area (Å²) >= 11 is 1.76. The zero-order chi connectivity index (χ0) is 17.6. The second-order valence-electron chi connectivity index (χ2n) is 5.57. The van der Waals surface area contributed by atoms with E-state index in [1.165, 1.54) is 4.90 Å². The standard InChI is InChI=1S/C20H26N2O2S/c23-20(22-15-16-25-19-11-5-2-6-12-19)13-7-8-14-21-17-24-18-9-3-1-4-10-18/h1-6,9-12,21H,7-8,13-17H2,(H,22,23). The number of para-hydroxylation sites is 1. The molecule has 5 heteroatoms. The van der Waals surface area contributed by atoms with Gasteiger partial charge >= 0.3 is 0 Å². The highest BCUT2D eigenvalue weighted by atomic mass is 32.2. The molecule has 4 nitrogen and oxygen atoms in total. The van der Waals surface area contributed by atoms with E-state index in [0.29, 0.717) is 19.7 Å². The third-order valence-electron chi connectivity index (χ3n) is 3.53. The van der Waals surface area contributed by atoms with E-state index < -0.39 is 0 Å². The van der Waals surface area contributed by atoms with E-state index >= 15 is 0 Å². The second-order valence-corrected chi connectivity index (χ2v) is 6.74. The Hall–Kier alpha value is -1.98. The zero-order valence-corrected chi connectivity index (χ0v) is 15.3. The summed E-state index contributed by atoms with van der Waals surface area (Å²) in [5, 5.41) is 6.19. The molecule has 2 aromatic carbocycles. The van der Waals surface area contributed by atoms with E-state index in [9.17, 15) is 4.79 Å². The SMILES string of the molecule is O=C(CCCCNCOc1ccccc1)NCCSc1ccccc1. The number of thioether (sulfide) groups is 1. The molecule has 0 aliphatic rings. The van der Waals surface area contributed by atoms with Gasteiger partial charge in [0.2, 0.25) is 5.91 Å². The third kappa shape index (κ3) is 9.17. The molecular weight excluding hydrogens is 332 g/mol. The number of carbonyl (C=O) groups is 1. The van der Waals surface area contributed by atoms with Crippen molar-refractivity contribution < 1.29 is 9.53 Å². The van der Waals surface area contributed by atoms with Gasteiger partial charge in [-0.3, -0.25) is 10.1 Å². The van der Waals surface area contributed by atoms with Crippen LogP contribution in [-0.4, -0.2) is 31.5 Å². The molecule has 0 saturated carbocycles. The average Bonchev–Trinajstić information content (AvgIpc) is 2.66. The quantitative estimate of drug-likeness (QED) is 0.345. The first-order chi connectivity index (χ1) is 12.3. The summed E-state index contributed by atoms with van der Waals surface area (Å²) in [4.78, 5) is 13.0. The van der Waals surface area contributed by atoms with Gasteiger partial charge < -0.3 is 10.1 Å². The van der Waals surface area contributed by atoms with Crippen LogP contribution in [0.4, 0.5) is 0 Å². The molecule has 25 heavy (non-hydrogen) atoms. The lowest BCUT2D eigenvalue weighted by Crippen LogP contribution is -2.26. The fourth-order valence-corrected chi connectivity index (χ4v) is 3.01. The Balaban J connectivity index is 1.39. The lowest BCUT2D eigenvalue weighted by molar-refractivity contribution is -0.121. The normalized spacial score (nSPS) is 10.4. The maximum atomic E-state index is 11.8. The minimum absolute atomic E-state index is 0.134. The van der Waals surface area contributed by atoms with Crippen LogP contribution in [-0.2, 0) is 4.79 Å². The Morgan fingerprint density at radius 3 is 2.40 bits per heavy atom. The number of ether oxygens (including phenoxy) is 1. The fraction of sp³-hybridized carbons (Fsp3) is 0.350. The van der Waals surface area contributed by atoms with Crippen LogP contribution in [0.5, 0.6) is 5.75 Å².